The Hall–Kier alpha value is -1.38. The average Bonchev–Trinajstić information content (AvgIpc) is 2.36. The summed E-state index contributed by atoms with van der Waals surface area (Å²) in [5.74, 6) is 0.289. The van der Waals surface area contributed by atoms with Crippen molar-refractivity contribution in [2.24, 2.45) is 5.73 Å². The van der Waals surface area contributed by atoms with E-state index in [0.29, 0.717) is 16.5 Å². The lowest BCUT2D eigenvalue weighted by Crippen LogP contribution is -2.15. The first kappa shape index (κ1) is 13.6. The number of nitrogens with two attached hydrogens (primary N) is 1. The third kappa shape index (κ3) is 2.46. The van der Waals surface area contributed by atoms with Crippen LogP contribution in [0.2, 0.25) is 5.02 Å². The molecule has 0 aliphatic heterocycles. The van der Waals surface area contributed by atoms with Crippen molar-refractivity contribution in [2.45, 2.75) is 31.2 Å². The first-order valence-electron chi connectivity index (χ1n) is 6.96. The van der Waals surface area contributed by atoms with Crippen LogP contribution in [0.15, 0.2) is 42.5 Å². The van der Waals surface area contributed by atoms with Crippen molar-refractivity contribution in [1.82, 2.24) is 0 Å². The summed E-state index contributed by atoms with van der Waals surface area (Å²) >= 11 is 6.10. The van der Waals surface area contributed by atoms with Gasteiger partial charge < -0.3 is 5.73 Å². The minimum atomic E-state index is -0.524. The standard InChI is InChI=1S/C17H17ClFN/c18-14-8-3-9-15(19)16(14)17(20)13-7-2-6-12(10-13)11-4-1-5-11/h2-3,6-11,17H,1,4-5,20H2. The minimum absolute atomic E-state index is 0.348. The molecule has 1 aliphatic carbocycles. The molecule has 1 fully saturated rings. The van der Waals surface area contributed by atoms with E-state index in [-0.39, 0.29) is 5.82 Å². The molecule has 0 radical (unpaired) electrons. The van der Waals surface area contributed by atoms with Crippen LogP contribution < -0.4 is 5.73 Å². The summed E-state index contributed by atoms with van der Waals surface area (Å²) < 4.78 is 14.0. The molecule has 1 nitrogen and oxygen atoms in total. The number of rotatable bonds is 3. The van der Waals surface area contributed by atoms with Crippen molar-refractivity contribution >= 4 is 11.6 Å². The molecule has 2 N–H and O–H groups in total. The molecular formula is C17H17ClFN. The molecule has 1 atom stereocenters. The number of benzene rings is 2. The van der Waals surface area contributed by atoms with Gasteiger partial charge in [-0.1, -0.05) is 48.4 Å². The van der Waals surface area contributed by atoms with Crippen molar-refractivity contribution < 1.29 is 4.39 Å². The highest BCUT2D eigenvalue weighted by atomic mass is 35.5. The van der Waals surface area contributed by atoms with Gasteiger partial charge in [0.1, 0.15) is 5.82 Å². The smallest absolute Gasteiger partial charge is 0.129 e. The molecule has 20 heavy (non-hydrogen) atoms. The fraction of sp³-hybridized carbons (Fsp3) is 0.294. The molecule has 0 spiro atoms. The molecule has 0 bridgehead atoms. The lowest BCUT2D eigenvalue weighted by molar-refractivity contribution is 0.419. The van der Waals surface area contributed by atoms with Gasteiger partial charge in [0.05, 0.1) is 6.04 Å². The fourth-order valence-corrected chi connectivity index (χ4v) is 3.00. The fourth-order valence-electron chi connectivity index (χ4n) is 2.72. The van der Waals surface area contributed by atoms with Gasteiger partial charge in [-0.2, -0.15) is 0 Å². The van der Waals surface area contributed by atoms with Crippen LogP contribution in [0.25, 0.3) is 0 Å². The van der Waals surface area contributed by atoms with Crippen LogP contribution in [-0.2, 0) is 0 Å². The van der Waals surface area contributed by atoms with Gasteiger partial charge in [-0.3, -0.25) is 0 Å². The largest absolute Gasteiger partial charge is 0.320 e. The van der Waals surface area contributed by atoms with E-state index in [1.165, 1.54) is 30.9 Å². The van der Waals surface area contributed by atoms with Crippen molar-refractivity contribution in [3.05, 3.63) is 70.0 Å². The van der Waals surface area contributed by atoms with E-state index in [9.17, 15) is 4.39 Å². The Balaban J connectivity index is 1.95. The van der Waals surface area contributed by atoms with E-state index in [1.54, 1.807) is 12.1 Å². The van der Waals surface area contributed by atoms with Crippen LogP contribution in [0.5, 0.6) is 0 Å². The van der Waals surface area contributed by atoms with Crippen LogP contribution >= 0.6 is 11.6 Å². The molecule has 1 saturated carbocycles. The number of hydrogen-bond acceptors (Lipinski definition) is 1. The SMILES string of the molecule is NC(c1cccc(C2CCC2)c1)c1c(F)cccc1Cl. The van der Waals surface area contributed by atoms with Gasteiger partial charge in [0.2, 0.25) is 0 Å². The normalized spacial score (nSPS) is 16.8. The van der Waals surface area contributed by atoms with Crippen LogP contribution in [0, 0.1) is 5.82 Å². The molecule has 0 heterocycles. The van der Waals surface area contributed by atoms with Crippen molar-refractivity contribution in [3.8, 4) is 0 Å². The molecule has 2 aromatic rings. The maximum absolute atomic E-state index is 14.0. The van der Waals surface area contributed by atoms with Gasteiger partial charge in [-0.25, -0.2) is 4.39 Å². The molecule has 3 rings (SSSR count). The highest BCUT2D eigenvalue weighted by Crippen LogP contribution is 2.37. The summed E-state index contributed by atoms with van der Waals surface area (Å²) in [7, 11) is 0. The van der Waals surface area contributed by atoms with Crippen LogP contribution in [-0.4, -0.2) is 0 Å². The topological polar surface area (TPSA) is 26.0 Å². The van der Waals surface area contributed by atoms with Crippen molar-refractivity contribution in [1.29, 1.82) is 0 Å². The average molecular weight is 290 g/mol. The summed E-state index contributed by atoms with van der Waals surface area (Å²) in [5, 5.41) is 0.381. The quantitative estimate of drug-likeness (QED) is 0.863. The molecule has 0 saturated heterocycles. The first-order chi connectivity index (χ1) is 9.66. The zero-order chi connectivity index (χ0) is 14.1. The van der Waals surface area contributed by atoms with Gasteiger partial charge in [-0.05, 0) is 42.0 Å². The molecular weight excluding hydrogens is 273 g/mol. The summed E-state index contributed by atoms with van der Waals surface area (Å²) in [4.78, 5) is 0. The van der Waals surface area contributed by atoms with Crippen LogP contribution in [0.1, 0.15) is 47.9 Å². The molecule has 104 valence electrons. The van der Waals surface area contributed by atoms with Crippen LogP contribution in [0.3, 0.4) is 0 Å². The molecule has 3 heteroatoms. The Morgan fingerprint density at radius 3 is 2.55 bits per heavy atom. The molecule has 0 aromatic heterocycles. The Morgan fingerprint density at radius 2 is 1.90 bits per heavy atom. The summed E-state index contributed by atoms with van der Waals surface area (Å²) in [5.41, 5.74) is 8.82. The molecule has 2 aromatic carbocycles. The van der Waals surface area contributed by atoms with Crippen molar-refractivity contribution in [2.75, 3.05) is 0 Å². The van der Waals surface area contributed by atoms with E-state index in [1.807, 2.05) is 12.1 Å². The van der Waals surface area contributed by atoms with E-state index < -0.39 is 6.04 Å². The van der Waals surface area contributed by atoms with Crippen molar-refractivity contribution in [3.63, 3.8) is 0 Å². The third-order valence-electron chi connectivity index (χ3n) is 4.16. The molecule has 0 amide bonds. The van der Waals surface area contributed by atoms with Gasteiger partial charge in [0, 0.05) is 10.6 Å². The summed E-state index contributed by atoms with van der Waals surface area (Å²) in [6.07, 6.45) is 3.76. The van der Waals surface area contributed by atoms with E-state index >= 15 is 0 Å². The zero-order valence-electron chi connectivity index (χ0n) is 11.2. The number of hydrogen-bond donors (Lipinski definition) is 1. The Kier molecular flexibility index (Phi) is 3.77. The van der Waals surface area contributed by atoms with Gasteiger partial charge in [0.15, 0.2) is 0 Å². The Morgan fingerprint density at radius 1 is 1.15 bits per heavy atom. The lowest BCUT2D eigenvalue weighted by Gasteiger charge is -2.26. The zero-order valence-corrected chi connectivity index (χ0v) is 11.9. The summed E-state index contributed by atoms with van der Waals surface area (Å²) in [6.45, 7) is 0. The maximum Gasteiger partial charge on any atom is 0.129 e. The third-order valence-corrected chi connectivity index (χ3v) is 4.49. The second-order valence-corrected chi connectivity index (χ2v) is 5.82. The highest BCUT2D eigenvalue weighted by Gasteiger charge is 2.22. The van der Waals surface area contributed by atoms with E-state index in [0.717, 1.165) is 5.56 Å². The predicted molar refractivity (Wildman–Crippen MR) is 80.5 cm³/mol. The highest BCUT2D eigenvalue weighted by molar-refractivity contribution is 6.31. The first-order valence-corrected chi connectivity index (χ1v) is 7.34. The molecule has 1 aliphatic rings. The summed E-state index contributed by atoms with van der Waals surface area (Å²) in [6, 6.07) is 12.3. The second-order valence-electron chi connectivity index (χ2n) is 5.41. The van der Waals surface area contributed by atoms with Gasteiger partial charge in [-0.15, -0.1) is 0 Å². The Bertz CT molecular complexity index is 602. The predicted octanol–water partition coefficient (Wildman–Crippen LogP) is 4.79. The second kappa shape index (κ2) is 5.55. The Labute approximate surface area is 123 Å². The number of halogens is 2. The van der Waals surface area contributed by atoms with Gasteiger partial charge in [0.25, 0.3) is 0 Å². The van der Waals surface area contributed by atoms with E-state index in [2.05, 4.69) is 12.1 Å². The molecule has 1 unspecified atom stereocenters. The van der Waals surface area contributed by atoms with Gasteiger partial charge >= 0.3 is 0 Å². The van der Waals surface area contributed by atoms with E-state index in [4.69, 9.17) is 17.3 Å². The maximum atomic E-state index is 14.0. The monoisotopic (exact) mass is 289 g/mol. The minimum Gasteiger partial charge on any atom is -0.320 e. The van der Waals surface area contributed by atoms with Crippen LogP contribution in [0.4, 0.5) is 4.39 Å². The lowest BCUT2D eigenvalue weighted by atomic mass is 9.79.